The van der Waals surface area contributed by atoms with Gasteiger partial charge in [-0.15, -0.1) is 0 Å². The van der Waals surface area contributed by atoms with Crippen LogP contribution in [0.3, 0.4) is 0 Å². The largest absolute Gasteiger partial charge is 0.494 e. The first-order valence-corrected chi connectivity index (χ1v) is 12.4. The number of rotatable bonds is 4. The van der Waals surface area contributed by atoms with Crippen LogP contribution in [0.1, 0.15) is 45.4 Å². The summed E-state index contributed by atoms with van der Waals surface area (Å²) in [6, 6.07) is 5.96. The summed E-state index contributed by atoms with van der Waals surface area (Å²) in [4.78, 5) is 16.3. The van der Waals surface area contributed by atoms with Crippen LogP contribution in [0.2, 0.25) is 0 Å². The molecule has 0 spiro atoms. The number of nitrogens with one attached hydrogen (secondary N) is 1. The highest BCUT2D eigenvalue weighted by Crippen LogP contribution is 2.45. The summed E-state index contributed by atoms with van der Waals surface area (Å²) in [7, 11) is 0. The Bertz CT molecular complexity index is 936. The smallest absolute Gasteiger partial charge is 0.296 e. The van der Waals surface area contributed by atoms with E-state index >= 15 is 0 Å². The number of ether oxygens (including phenoxy) is 1. The molecule has 0 amide bonds. The van der Waals surface area contributed by atoms with E-state index in [2.05, 4.69) is 21.2 Å². The number of nitrogens with zero attached hydrogens (tertiary/aromatic N) is 3. The minimum absolute atomic E-state index is 0.0105. The first kappa shape index (κ1) is 21.6. The van der Waals surface area contributed by atoms with Crippen LogP contribution in [0.25, 0.3) is 0 Å². The molecule has 1 aromatic carbocycles. The van der Waals surface area contributed by atoms with Crippen LogP contribution in [0, 0.1) is 22.0 Å². The Morgan fingerprint density at radius 1 is 1.31 bits per heavy atom. The van der Waals surface area contributed by atoms with Gasteiger partial charge in [-0.05, 0) is 81.8 Å². The summed E-state index contributed by atoms with van der Waals surface area (Å²) < 4.78 is 5.44. The fourth-order valence-corrected chi connectivity index (χ4v) is 6.73. The summed E-state index contributed by atoms with van der Waals surface area (Å²) in [5.74, 6) is 1.74. The molecule has 1 aromatic rings. The SMILES string of the molecule is CCOc1ccc(NC(=S)N2CCCC3=CC4CC(CN5CCCCC45)C32)c([N+](=O)[O-])c1. The summed E-state index contributed by atoms with van der Waals surface area (Å²) >= 11 is 5.84. The third-order valence-corrected chi connectivity index (χ3v) is 7.97. The van der Waals surface area contributed by atoms with Gasteiger partial charge in [0.05, 0.1) is 23.6 Å². The van der Waals surface area contributed by atoms with Crippen LogP contribution in [-0.2, 0) is 0 Å². The van der Waals surface area contributed by atoms with E-state index in [1.165, 1.54) is 43.9 Å². The topological polar surface area (TPSA) is 70.9 Å². The molecule has 3 fully saturated rings. The lowest BCUT2D eigenvalue weighted by atomic mass is 9.68. The lowest BCUT2D eigenvalue weighted by molar-refractivity contribution is -0.384. The van der Waals surface area contributed by atoms with Crippen molar-refractivity contribution >= 4 is 28.7 Å². The van der Waals surface area contributed by atoms with Crippen molar-refractivity contribution in [2.24, 2.45) is 11.8 Å². The van der Waals surface area contributed by atoms with Crippen LogP contribution in [-0.4, -0.2) is 58.2 Å². The van der Waals surface area contributed by atoms with Crippen LogP contribution < -0.4 is 10.1 Å². The molecular formula is C24H32N4O3S. The van der Waals surface area contributed by atoms with E-state index in [4.69, 9.17) is 17.0 Å². The highest BCUT2D eigenvalue weighted by Gasteiger charge is 2.46. The second-order valence-corrected chi connectivity index (χ2v) is 9.89. The predicted octanol–water partition coefficient (Wildman–Crippen LogP) is 4.59. The number of hydrogen-bond donors (Lipinski definition) is 1. The second-order valence-electron chi connectivity index (χ2n) is 9.50. The normalized spacial score (nSPS) is 29.4. The molecule has 32 heavy (non-hydrogen) atoms. The van der Waals surface area contributed by atoms with Crippen molar-refractivity contribution in [1.82, 2.24) is 9.80 Å². The van der Waals surface area contributed by atoms with E-state index in [0.29, 0.717) is 41.0 Å². The Balaban J connectivity index is 1.38. The predicted molar refractivity (Wildman–Crippen MR) is 129 cm³/mol. The van der Waals surface area contributed by atoms with Gasteiger partial charge in [-0.2, -0.15) is 0 Å². The van der Waals surface area contributed by atoms with Crippen molar-refractivity contribution in [2.45, 2.75) is 57.5 Å². The highest BCUT2D eigenvalue weighted by atomic mass is 32.1. The average Bonchev–Trinajstić information content (AvgIpc) is 2.79. The molecule has 3 saturated heterocycles. The van der Waals surface area contributed by atoms with Gasteiger partial charge < -0.3 is 15.0 Å². The molecule has 3 aliphatic heterocycles. The lowest BCUT2D eigenvalue weighted by Crippen LogP contribution is -2.60. The van der Waals surface area contributed by atoms with Gasteiger partial charge in [0.2, 0.25) is 0 Å². The zero-order valence-corrected chi connectivity index (χ0v) is 19.5. The summed E-state index contributed by atoms with van der Waals surface area (Å²) in [6.45, 7) is 5.58. The summed E-state index contributed by atoms with van der Waals surface area (Å²) in [6.07, 6.45) is 10.0. The highest BCUT2D eigenvalue weighted by molar-refractivity contribution is 7.80. The van der Waals surface area contributed by atoms with Gasteiger partial charge >= 0.3 is 0 Å². The molecule has 7 nitrogen and oxygen atoms in total. The van der Waals surface area contributed by atoms with Gasteiger partial charge in [0, 0.05) is 19.1 Å². The molecule has 0 radical (unpaired) electrons. The van der Waals surface area contributed by atoms with Gasteiger partial charge in [0.15, 0.2) is 5.11 Å². The molecule has 5 rings (SSSR count). The van der Waals surface area contributed by atoms with Gasteiger partial charge in [-0.1, -0.05) is 18.1 Å². The van der Waals surface area contributed by atoms with Crippen molar-refractivity contribution in [1.29, 1.82) is 0 Å². The van der Waals surface area contributed by atoms with Crippen molar-refractivity contribution in [3.63, 3.8) is 0 Å². The van der Waals surface area contributed by atoms with Crippen LogP contribution >= 0.6 is 12.2 Å². The molecule has 0 aromatic heterocycles. The fraction of sp³-hybridized carbons (Fsp3) is 0.625. The van der Waals surface area contributed by atoms with E-state index in [0.717, 1.165) is 32.0 Å². The summed E-state index contributed by atoms with van der Waals surface area (Å²) in [5.41, 5.74) is 1.95. The third kappa shape index (κ3) is 3.99. The quantitative estimate of drug-likeness (QED) is 0.308. The van der Waals surface area contributed by atoms with Crippen LogP contribution in [0.15, 0.2) is 29.8 Å². The summed E-state index contributed by atoms with van der Waals surface area (Å²) in [5, 5.41) is 15.5. The van der Waals surface area contributed by atoms with Crippen molar-refractivity contribution in [3.05, 3.63) is 40.0 Å². The minimum atomic E-state index is -0.377. The number of anilines is 1. The van der Waals surface area contributed by atoms with Crippen molar-refractivity contribution in [3.8, 4) is 5.75 Å². The number of likely N-dealkylation sites (tertiary alicyclic amines) is 1. The number of benzene rings is 1. The van der Waals surface area contributed by atoms with E-state index in [1.807, 2.05) is 6.92 Å². The number of thiocarbonyl (C=S) groups is 1. The molecule has 3 heterocycles. The van der Waals surface area contributed by atoms with Gasteiger partial charge in [-0.25, -0.2) is 0 Å². The van der Waals surface area contributed by atoms with Gasteiger partial charge in [-0.3, -0.25) is 15.0 Å². The number of nitro benzene ring substituents is 1. The Morgan fingerprint density at radius 2 is 2.19 bits per heavy atom. The van der Waals surface area contributed by atoms with E-state index < -0.39 is 0 Å². The van der Waals surface area contributed by atoms with E-state index in [-0.39, 0.29) is 10.6 Å². The number of nitro groups is 1. The zero-order valence-electron chi connectivity index (χ0n) is 18.7. The molecule has 1 aliphatic carbocycles. The molecule has 0 saturated carbocycles. The van der Waals surface area contributed by atoms with E-state index in [9.17, 15) is 10.1 Å². The number of piperidine rings is 3. The number of hydrogen-bond acceptors (Lipinski definition) is 5. The Labute approximate surface area is 194 Å². The Kier molecular flexibility index (Phi) is 6.07. The molecule has 1 N–H and O–H groups in total. The maximum absolute atomic E-state index is 11.7. The molecule has 2 bridgehead atoms. The molecule has 8 heteroatoms. The third-order valence-electron chi connectivity index (χ3n) is 7.64. The van der Waals surface area contributed by atoms with Gasteiger partial charge in [0.1, 0.15) is 11.4 Å². The fourth-order valence-electron chi connectivity index (χ4n) is 6.41. The minimum Gasteiger partial charge on any atom is -0.494 e. The standard InChI is InChI=1S/C24H32N4O3S/c1-2-31-19-8-9-20(22(14-19)28(29)30)25-24(32)27-11-5-6-16-12-17-13-18(23(16)27)15-26-10-4-3-7-21(17)26/h8-9,12,14,17-18,21,23H,2-7,10-11,13,15H2,1H3,(H,25,32). The molecule has 172 valence electrons. The lowest BCUT2D eigenvalue weighted by Gasteiger charge is -2.55. The molecule has 4 aliphatic rings. The Morgan fingerprint density at radius 3 is 3.00 bits per heavy atom. The zero-order chi connectivity index (χ0) is 22.2. The van der Waals surface area contributed by atoms with Crippen molar-refractivity contribution in [2.75, 3.05) is 31.6 Å². The van der Waals surface area contributed by atoms with Crippen LogP contribution in [0.5, 0.6) is 5.75 Å². The van der Waals surface area contributed by atoms with Crippen LogP contribution in [0.4, 0.5) is 11.4 Å². The molecule has 4 atom stereocenters. The molecule has 4 unspecified atom stereocenters. The first-order valence-electron chi connectivity index (χ1n) is 12.0. The van der Waals surface area contributed by atoms with Gasteiger partial charge in [0.25, 0.3) is 5.69 Å². The maximum Gasteiger partial charge on any atom is 0.296 e. The molecular weight excluding hydrogens is 424 g/mol. The maximum atomic E-state index is 11.7. The first-order chi connectivity index (χ1) is 15.5. The van der Waals surface area contributed by atoms with E-state index in [1.54, 1.807) is 12.1 Å². The average molecular weight is 457 g/mol. The Hall–Kier alpha value is -2.19. The van der Waals surface area contributed by atoms with Crippen molar-refractivity contribution < 1.29 is 9.66 Å². The monoisotopic (exact) mass is 456 g/mol. The second kappa shape index (κ2) is 8.98. The number of fused-ring (bicyclic) bond motifs is 6.